The second-order valence-corrected chi connectivity index (χ2v) is 8.05. The lowest BCUT2D eigenvalue weighted by molar-refractivity contribution is -0.128. The molecular formula is C22H30BN3O4. The summed E-state index contributed by atoms with van der Waals surface area (Å²) in [5.74, 6) is -1.27. The van der Waals surface area contributed by atoms with E-state index in [9.17, 15) is 24.9 Å². The molecule has 2 rings (SSSR count). The summed E-state index contributed by atoms with van der Waals surface area (Å²) in [6.07, 6.45) is 4.24. The van der Waals surface area contributed by atoms with Gasteiger partial charge in [0.1, 0.15) is 11.6 Å². The van der Waals surface area contributed by atoms with E-state index in [1.54, 1.807) is 11.0 Å². The van der Waals surface area contributed by atoms with Gasteiger partial charge in [-0.05, 0) is 37.2 Å². The number of carbonyl (C=O) groups excluding carboxylic acids is 2. The third kappa shape index (κ3) is 7.01. The van der Waals surface area contributed by atoms with Crippen LogP contribution in [0.15, 0.2) is 42.0 Å². The van der Waals surface area contributed by atoms with Gasteiger partial charge in [0.2, 0.25) is 5.91 Å². The Kier molecular flexibility index (Phi) is 9.09. The zero-order chi connectivity index (χ0) is 22.1. The highest BCUT2D eigenvalue weighted by atomic mass is 16.4. The molecule has 3 N–H and O–H groups in total. The van der Waals surface area contributed by atoms with E-state index >= 15 is 0 Å². The largest absolute Gasteiger partial charge is 0.475 e. The average molecular weight is 411 g/mol. The van der Waals surface area contributed by atoms with E-state index in [0.29, 0.717) is 19.4 Å². The van der Waals surface area contributed by atoms with Crippen LogP contribution in [-0.2, 0) is 16.0 Å². The number of rotatable bonds is 9. The van der Waals surface area contributed by atoms with Gasteiger partial charge < -0.3 is 20.3 Å². The highest BCUT2D eigenvalue weighted by Gasteiger charge is 2.31. The van der Waals surface area contributed by atoms with Gasteiger partial charge in [-0.3, -0.25) is 9.59 Å². The Hall–Kier alpha value is -2.63. The Bertz CT molecular complexity index is 789. The molecule has 1 aromatic carbocycles. The second kappa shape index (κ2) is 11.5. The monoisotopic (exact) mass is 411 g/mol. The van der Waals surface area contributed by atoms with Crippen molar-refractivity contribution >= 4 is 18.9 Å². The summed E-state index contributed by atoms with van der Waals surface area (Å²) in [6.45, 7) is 4.41. The quantitative estimate of drug-likeness (QED) is 0.325. The maximum atomic E-state index is 12.7. The van der Waals surface area contributed by atoms with Crippen molar-refractivity contribution < 1.29 is 19.6 Å². The molecule has 1 unspecified atom stereocenters. The van der Waals surface area contributed by atoms with Crippen molar-refractivity contribution in [2.24, 2.45) is 5.92 Å². The summed E-state index contributed by atoms with van der Waals surface area (Å²) in [5.41, 5.74) is 1.04. The molecule has 0 spiro atoms. The van der Waals surface area contributed by atoms with Gasteiger partial charge in [0.05, 0.1) is 5.94 Å². The van der Waals surface area contributed by atoms with E-state index in [1.165, 1.54) is 0 Å². The first kappa shape index (κ1) is 23.7. The number of nitrogens with zero attached hydrogens (tertiary/aromatic N) is 2. The fourth-order valence-corrected chi connectivity index (χ4v) is 3.72. The standard InChI is InChI=1S/C22H30BN3O4/c1-16(2)13-18(15-24)22(28)26-12-6-9-19(26)10-11-21(27)25-20(23(29)30)14-17-7-4-3-5-8-17/h3-5,7-8,13,16,19-20,29-30H,6,9-12,14H2,1-2H3,(H,25,27)/t19-,20?/m1/s1. The lowest BCUT2D eigenvalue weighted by Gasteiger charge is -2.25. The van der Waals surface area contributed by atoms with Crippen LogP contribution in [0, 0.1) is 17.2 Å². The fourth-order valence-electron chi connectivity index (χ4n) is 3.72. The van der Waals surface area contributed by atoms with Gasteiger partial charge in [0, 0.05) is 19.0 Å². The van der Waals surface area contributed by atoms with Crippen LogP contribution >= 0.6 is 0 Å². The van der Waals surface area contributed by atoms with E-state index in [-0.39, 0.29) is 35.8 Å². The molecule has 8 heteroatoms. The number of carbonyl (C=O) groups is 2. The van der Waals surface area contributed by atoms with Gasteiger partial charge in [-0.25, -0.2) is 0 Å². The van der Waals surface area contributed by atoms with Crippen LogP contribution in [-0.4, -0.2) is 52.4 Å². The minimum atomic E-state index is -1.67. The maximum absolute atomic E-state index is 12.7. The van der Waals surface area contributed by atoms with E-state index in [0.717, 1.165) is 18.4 Å². The topological polar surface area (TPSA) is 114 Å². The fraction of sp³-hybridized carbons (Fsp3) is 0.500. The lowest BCUT2D eigenvalue weighted by atomic mass is 9.76. The first-order valence-electron chi connectivity index (χ1n) is 10.4. The van der Waals surface area contributed by atoms with Crippen molar-refractivity contribution in [3.8, 4) is 6.07 Å². The number of hydrogen-bond acceptors (Lipinski definition) is 5. The summed E-state index contributed by atoms with van der Waals surface area (Å²) in [6, 6.07) is 11.2. The highest BCUT2D eigenvalue weighted by Crippen LogP contribution is 2.23. The summed E-state index contributed by atoms with van der Waals surface area (Å²) in [5, 5.41) is 31.2. The van der Waals surface area contributed by atoms with Gasteiger partial charge >= 0.3 is 7.12 Å². The van der Waals surface area contributed by atoms with Crippen molar-refractivity contribution in [2.75, 3.05) is 6.54 Å². The molecule has 1 saturated heterocycles. The van der Waals surface area contributed by atoms with Gasteiger partial charge in [-0.2, -0.15) is 5.26 Å². The van der Waals surface area contributed by atoms with Crippen LogP contribution in [0.25, 0.3) is 0 Å². The number of benzene rings is 1. The molecule has 0 aromatic heterocycles. The highest BCUT2D eigenvalue weighted by molar-refractivity contribution is 6.43. The van der Waals surface area contributed by atoms with Crippen LogP contribution in [0.1, 0.15) is 45.1 Å². The van der Waals surface area contributed by atoms with E-state index in [1.807, 2.05) is 50.2 Å². The van der Waals surface area contributed by atoms with Gasteiger partial charge in [-0.15, -0.1) is 0 Å². The second-order valence-electron chi connectivity index (χ2n) is 8.05. The SMILES string of the molecule is CC(C)C=C(C#N)C(=O)N1CCC[C@@H]1CCC(=O)NC(Cc1ccccc1)B(O)O. The van der Waals surface area contributed by atoms with Crippen molar-refractivity contribution in [1.29, 1.82) is 5.26 Å². The van der Waals surface area contributed by atoms with Gasteiger partial charge in [0.15, 0.2) is 0 Å². The Morgan fingerprint density at radius 3 is 2.63 bits per heavy atom. The molecule has 160 valence electrons. The molecule has 2 amide bonds. The molecule has 1 fully saturated rings. The molecule has 1 aliphatic rings. The molecule has 7 nitrogen and oxygen atoms in total. The van der Waals surface area contributed by atoms with E-state index < -0.39 is 13.1 Å². The normalized spacial score (nSPS) is 17.5. The molecule has 1 aliphatic heterocycles. The molecule has 2 atom stereocenters. The van der Waals surface area contributed by atoms with Crippen LogP contribution in [0.4, 0.5) is 0 Å². The van der Waals surface area contributed by atoms with Crippen LogP contribution in [0.5, 0.6) is 0 Å². The summed E-state index contributed by atoms with van der Waals surface area (Å²) >= 11 is 0. The molecule has 1 heterocycles. The third-order valence-electron chi connectivity index (χ3n) is 5.20. The number of likely N-dealkylation sites (tertiary alicyclic amines) is 1. The predicted octanol–water partition coefficient (Wildman–Crippen LogP) is 1.60. The Morgan fingerprint density at radius 2 is 2.03 bits per heavy atom. The Morgan fingerprint density at radius 1 is 1.33 bits per heavy atom. The van der Waals surface area contributed by atoms with Crippen molar-refractivity contribution in [1.82, 2.24) is 10.2 Å². The summed E-state index contributed by atoms with van der Waals surface area (Å²) < 4.78 is 0. The molecule has 0 aliphatic carbocycles. The van der Waals surface area contributed by atoms with Crippen molar-refractivity contribution in [3.05, 3.63) is 47.5 Å². The molecular weight excluding hydrogens is 381 g/mol. The predicted molar refractivity (Wildman–Crippen MR) is 115 cm³/mol. The van der Waals surface area contributed by atoms with Gasteiger partial charge in [0.25, 0.3) is 5.91 Å². The van der Waals surface area contributed by atoms with E-state index in [4.69, 9.17) is 0 Å². The van der Waals surface area contributed by atoms with Crippen LogP contribution in [0.3, 0.4) is 0 Å². The maximum Gasteiger partial charge on any atom is 0.475 e. The van der Waals surface area contributed by atoms with E-state index in [2.05, 4.69) is 5.32 Å². The minimum absolute atomic E-state index is 0.0983. The number of nitriles is 1. The molecule has 1 aromatic rings. The summed E-state index contributed by atoms with van der Waals surface area (Å²) in [7, 11) is -1.67. The lowest BCUT2D eigenvalue weighted by Crippen LogP contribution is -2.48. The third-order valence-corrected chi connectivity index (χ3v) is 5.20. The average Bonchev–Trinajstić information content (AvgIpc) is 3.18. The molecule has 0 saturated carbocycles. The minimum Gasteiger partial charge on any atom is -0.426 e. The molecule has 0 radical (unpaired) electrons. The number of allylic oxidation sites excluding steroid dienone is 1. The smallest absolute Gasteiger partial charge is 0.426 e. The number of hydrogen-bond donors (Lipinski definition) is 3. The van der Waals surface area contributed by atoms with Crippen LogP contribution < -0.4 is 5.32 Å². The van der Waals surface area contributed by atoms with Crippen LogP contribution in [0.2, 0.25) is 0 Å². The molecule has 0 bridgehead atoms. The zero-order valence-electron chi connectivity index (χ0n) is 17.6. The first-order chi connectivity index (χ1) is 14.3. The number of amides is 2. The first-order valence-corrected chi connectivity index (χ1v) is 10.4. The van der Waals surface area contributed by atoms with Crippen molar-refractivity contribution in [2.45, 2.75) is 57.9 Å². The van der Waals surface area contributed by atoms with Gasteiger partial charge in [-0.1, -0.05) is 50.3 Å². The zero-order valence-corrected chi connectivity index (χ0v) is 17.6. The molecule has 30 heavy (non-hydrogen) atoms. The number of nitrogens with one attached hydrogen (secondary N) is 1. The van der Waals surface area contributed by atoms with Crippen molar-refractivity contribution in [3.63, 3.8) is 0 Å². The summed E-state index contributed by atoms with van der Waals surface area (Å²) in [4.78, 5) is 26.8. The Balaban J connectivity index is 1.92. The Labute approximate surface area is 178 Å².